The van der Waals surface area contributed by atoms with Crippen molar-refractivity contribution in [3.63, 3.8) is 0 Å². The fraction of sp³-hybridized carbons (Fsp3) is 0.300. The maximum absolute atomic E-state index is 11.7. The van der Waals surface area contributed by atoms with E-state index in [0.717, 1.165) is 12.2 Å². The Balaban J connectivity index is 2.07. The van der Waals surface area contributed by atoms with Gasteiger partial charge in [-0.1, -0.05) is 6.92 Å². The Kier molecular flexibility index (Phi) is 2.72. The van der Waals surface area contributed by atoms with Crippen molar-refractivity contribution in [1.82, 2.24) is 19.7 Å². The highest BCUT2D eigenvalue weighted by atomic mass is 16.1. The van der Waals surface area contributed by atoms with E-state index in [1.165, 1.54) is 0 Å². The Bertz CT molecular complexity index is 499. The van der Waals surface area contributed by atoms with Gasteiger partial charge >= 0.3 is 0 Å². The first-order chi connectivity index (χ1) is 7.69. The molecule has 0 aliphatic rings. The second kappa shape index (κ2) is 4.18. The van der Waals surface area contributed by atoms with Crippen LogP contribution in [0, 0.1) is 0 Å². The van der Waals surface area contributed by atoms with Gasteiger partial charge in [-0.3, -0.25) is 15.2 Å². The van der Waals surface area contributed by atoms with Gasteiger partial charge in [-0.25, -0.2) is 0 Å². The molecule has 0 unspecified atom stereocenters. The summed E-state index contributed by atoms with van der Waals surface area (Å²) in [5.41, 5.74) is 0.588. The van der Waals surface area contributed by atoms with Crippen LogP contribution in [-0.4, -0.2) is 25.7 Å². The zero-order valence-corrected chi connectivity index (χ0v) is 9.19. The van der Waals surface area contributed by atoms with Crippen LogP contribution in [-0.2, 0) is 13.5 Å². The molecule has 0 fully saturated rings. The maximum Gasteiger partial charge on any atom is 0.259 e. The van der Waals surface area contributed by atoms with Crippen molar-refractivity contribution < 1.29 is 4.79 Å². The normalized spacial score (nSPS) is 10.4. The first-order valence-electron chi connectivity index (χ1n) is 5.03. The van der Waals surface area contributed by atoms with Crippen molar-refractivity contribution in [3.8, 4) is 0 Å². The molecule has 16 heavy (non-hydrogen) atoms. The number of amides is 1. The van der Waals surface area contributed by atoms with E-state index in [-0.39, 0.29) is 5.91 Å². The molecule has 0 saturated carbocycles. The van der Waals surface area contributed by atoms with Crippen molar-refractivity contribution in [2.45, 2.75) is 13.3 Å². The topological polar surface area (TPSA) is 75.6 Å². The van der Waals surface area contributed by atoms with Gasteiger partial charge in [-0.05, 0) is 6.07 Å². The summed E-state index contributed by atoms with van der Waals surface area (Å²) in [6.07, 6.45) is 4.31. The lowest BCUT2D eigenvalue weighted by molar-refractivity contribution is 0.102. The predicted molar refractivity (Wildman–Crippen MR) is 59.1 cm³/mol. The number of hydrogen-bond donors (Lipinski definition) is 2. The minimum absolute atomic E-state index is 0.206. The monoisotopic (exact) mass is 219 g/mol. The van der Waals surface area contributed by atoms with Gasteiger partial charge in [0, 0.05) is 25.9 Å². The largest absolute Gasteiger partial charge is 0.356 e. The molecule has 84 valence electrons. The van der Waals surface area contributed by atoms with E-state index in [9.17, 15) is 4.79 Å². The molecule has 0 radical (unpaired) electrons. The van der Waals surface area contributed by atoms with Crippen molar-refractivity contribution in [1.29, 1.82) is 0 Å². The highest BCUT2D eigenvalue weighted by Crippen LogP contribution is 2.04. The summed E-state index contributed by atoms with van der Waals surface area (Å²) in [4.78, 5) is 15.8. The maximum atomic E-state index is 11.7. The Labute approximate surface area is 92.7 Å². The lowest BCUT2D eigenvalue weighted by Gasteiger charge is -1.96. The van der Waals surface area contributed by atoms with Gasteiger partial charge in [0.2, 0.25) is 5.95 Å². The number of aryl methyl sites for hydroxylation is 2. The zero-order chi connectivity index (χ0) is 11.5. The summed E-state index contributed by atoms with van der Waals surface area (Å²) in [5, 5.41) is 9.24. The summed E-state index contributed by atoms with van der Waals surface area (Å²) in [6.45, 7) is 1.96. The van der Waals surface area contributed by atoms with Crippen LogP contribution >= 0.6 is 0 Å². The molecule has 0 aromatic carbocycles. The lowest BCUT2D eigenvalue weighted by atomic mass is 10.3. The molecule has 2 rings (SSSR count). The molecule has 6 heteroatoms. The Morgan fingerprint density at radius 2 is 2.44 bits per heavy atom. The van der Waals surface area contributed by atoms with Gasteiger partial charge in [0.05, 0.1) is 5.56 Å². The molecule has 0 spiro atoms. The van der Waals surface area contributed by atoms with Gasteiger partial charge in [-0.15, -0.1) is 5.10 Å². The second-order valence-corrected chi connectivity index (χ2v) is 3.48. The van der Waals surface area contributed by atoms with Crippen molar-refractivity contribution in [3.05, 3.63) is 29.8 Å². The summed E-state index contributed by atoms with van der Waals surface area (Å²) < 4.78 is 1.81. The van der Waals surface area contributed by atoms with E-state index in [0.29, 0.717) is 11.5 Å². The number of aromatic nitrogens is 4. The number of aromatic amines is 1. The summed E-state index contributed by atoms with van der Waals surface area (Å²) in [7, 11) is 1.86. The molecule has 2 aromatic heterocycles. The lowest BCUT2D eigenvalue weighted by Crippen LogP contribution is -2.12. The second-order valence-electron chi connectivity index (χ2n) is 3.48. The van der Waals surface area contributed by atoms with Crippen molar-refractivity contribution in [2.24, 2.45) is 7.05 Å². The number of nitrogens with one attached hydrogen (secondary N) is 2. The predicted octanol–water partition coefficient (Wildman–Crippen LogP) is 0.958. The highest BCUT2D eigenvalue weighted by Gasteiger charge is 2.09. The standard InChI is InChI=1S/C10H13N5O/c1-3-8-11-10(14-13-8)12-9(16)7-4-5-15(2)6-7/h4-6H,3H2,1-2H3,(H2,11,12,13,14,16). The minimum atomic E-state index is -0.206. The van der Waals surface area contributed by atoms with E-state index < -0.39 is 0 Å². The average molecular weight is 219 g/mol. The summed E-state index contributed by atoms with van der Waals surface area (Å²) in [5.74, 6) is 0.858. The molecule has 2 N–H and O–H groups in total. The van der Waals surface area contributed by atoms with Gasteiger partial charge < -0.3 is 4.57 Å². The molecule has 0 bridgehead atoms. The fourth-order valence-electron chi connectivity index (χ4n) is 1.32. The van der Waals surface area contributed by atoms with E-state index in [2.05, 4.69) is 20.5 Å². The zero-order valence-electron chi connectivity index (χ0n) is 9.19. The Hall–Kier alpha value is -2.11. The molecular formula is C10H13N5O. The number of carbonyl (C=O) groups excluding carboxylic acids is 1. The highest BCUT2D eigenvalue weighted by molar-refractivity contribution is 6.03. The fourth-order valence-corrected chi connectivity index (χ4v) is 1.32. The van der Waals surface area contributed by atoms with E-state index in [4.69, 9.17) is 0 Å². The van der Waals surface area contributed by atoms with E-state index in [1.807, 2.05) is 24.7 Å². The quantitative estimate of drug-likeness (QED) is 0.807. The molecule has 0 atom stereocenters. The van der Waals surface area contributed by atoms with Crippen molar-refractivity contribution in [2.75, 3.05) is 5.32 Å². The summed E-state index contributed by atoms with van der Waals surface area (Å²) in [6, 6.07) is 1.74. The molecule has 1 amide bonds. The molecule has 2 heterocycles. The van der Waals surface area contributed by atoms with Crippen LogP contribution in [0.3, 0.4) is 0 Å². The van der Waals surface area contributed by atoms with Gasteiger partial charge in [0.15, 0.2) is 0 Å². The first-order valence-corrected chi connectivity index (χ1v) is 5.03. The molecule has 2 aromatic rings. The van der Waals surface area contributed by atoms with Crippen LogP contribution in [0.4, 0.5) is 5.95 Å². The van der Waals surface area contributed by atoms with Crippen LogP contribution < -0.4 is 5.32 Å². The molecular weight excluding hydrogens is 206 g/mol. The third-order valence-electron chi connectivity index (χ3n) is 2.19. The molecule has 6 nitrogen and oxygen atoms in total. The number of nitrogens with zero attached hydrogens (tertiary/aromatic N) is 3. The van der Waals surface area contributed by atoms with Crippen LogP contribution in [0.25, 0.3) is 0 Å². The number of rotatable bonds is 3. The Morgan fingerprint density at radius 1 is 1.62 bits per heavy atom. The van der Waals surface area contributed by atoms with Crippen LogP contribution in [0.2, 0.25) is 0 Å². The number of carbonyl (C=O) groups is 1. The van der Waals surface area contributed by atoms with E-state index >= 15 is 0 Å². The van der Waals surface area contributed by atoms with E-state index in [1.54, 1.807) is 12.3 Å². The molecule has 0 aliphatic heterocycles. The molecule has 0 saturated heterocycles. The minimum Gasteiger partial charge on any atom is -0.356 e. The third-order valence-corrected chi connectivity index (χ3v) is 2.19. The Morgan fingerprint density at radius 3 is 3.00 bits per heavy atom. The van der Waals surface area contributed by atoms with Crippen LogP contribution in [0.15, 0.2) is 18.5 Å². The smallest absolute Gasteiger partial charge is 0.259 e. The van der Waals surface area contributed by atoms with Gasteiger partial charge in [0.25, 0.3) is 5.91 Å². The third kappa shape index (κ3) is 2.10. The summed E-state index contributed by atoms with van der Waals surface area (Å²) >= 11 is 0. The number of anilines is 1. The SMILES string of the molecule is CCc1nc(NC(=O)c2ccn(C)c2)n[nH]1. The number of hydrogen-bond acceptors (Lipinski definition) is 3. The first kappa shape index (κ1) is 10.4. The molecule has 0 aliphatic carbocycles. The number of H-pyrrole nitrogens is 1. The van der Waals surface area contributed by atoms with Gasteiger partial charge in [0.1, 0.15) is 5.82 Å². The van der Waals surface area contributed by atoms with Crippen molar-refractivity contribution >= 4 is 11.9 Å². The average Bonchev–Trinajstić information content (AvgIpc) is 2.87. The van der Waals surface area contributed by atoms with Crippen LogP contribution in [0.5, 0.6) is 0 Å². The van der Waals surface area contributed by atoms with Gasteiger partial charge in [-0.2, -0.15) is 4.98 Å². The van der Waals surface area contributed by atoms with Crippen LogP contribution in [0.1, 0.15) is 23.1 Å².